The normalized spacial score (nSPS) is 10.4. The van der Waals surface area contributed by atoms with Crippen molar-refractivity contribution in [1.29, 1.82) is 0 Å². The first-order valence-electron chi connectivity index (χ1n) is 5.07. The van der Waals surface area contributed by atoms with Gasteiger partial charge in [-0.25, -0.2) is 0 Å². The minimum Gasteiger partial charge on any atom is -0.508 e. The predicted octanol–water partition coefficient (Wildman–Crippen LogP) is 0.837. The number of methoxy groups -OCH3 is 1. The maximum Gasteiger partial charge on any atom is 0.187 e. The van der Waals surface area contributed by atoms with Crippen LogP contribution in [0.3, 0.4) is 0 Å². The number of hydrogen-bond donors (Lipinski definition) is 3. The van der Waals surface area contributed by atoms with Crippen LogP contribution in [-0.4, -0.2) is 36.7 Å². The fraction of sp³-hybridized carbons (Fsp3) is 0.273. The summed E-state index contributed by atoms with van der Waals surface area (Å²) in [5.41, 5.74) is 3.45. The molecule has 0 radical (unpaired) electrons. The molecule has 0 aliphatic heterocycles. The lowest BCUT2D eigenvalue weighted by Gasteiger charge is -2.05. The van der Waals surface area contributed by atoms with E-state index in [2.05, 4.69) is 15.8 Å². The zero-order valence-corrected chi connectivity index (χ0v) is 10.3. The number of nitrogens with zero attached hydrogens (tertiary/aromatic N) is 1. The van der Waals surface area contributed by atoms with E-state index in [0.29, 0.717) is 18.3 Å². The Bertz CT molecular complexity index is 396. The highest BCUT2D eigenvalue weighted by molar-refractivity contribution is 7.80. The molecule has 0 aromatic heterocycles. The van der Waals surface area contributed by atoms with Crippen LogP contribution < -0.4 is 10.7 Å². The third kappa shape index (κ3) is 5.84. The molecule has 0 saturated carbocycles. The highest BCUT2D eigenvalue weighted by Gasteiger charge is 1.92. The van der Waals surface area contributed by atoms with E-state index < -0.39 is 0 Å². The van der Waals surface area contributed by atoms with Crippen LogP contribution in [0.1, 0.15) is 5.56 Å². The van der Waals surface area contributed by atoms with Crippen LogP contribution in [0.4, 0.5) is 0 Å². The number of phenols is 1. The number of hydrazone groups is 1. The number of aromatic hydroxyl groups is 1. The van der Waals surface area contributed by atoms with Crippen molar-refractivity contribution >= 4 is 23.5 Å². The molecule has 5 nitrogen and oxygen atoms in total. The third-order valence-electron chi connectivity index (χ3n) is 1.84. The quantitative estimate of drug-likeness (QED) is 0.314. The van der Waals surface area contributed by atoms with Crippen molar-refractivity contribution in [3.05, 3.63) is 29.8 Å². The zero-order chi connectivity index (χ0) is 12.5. The lowest BCUT2D eigenvalue weighted by Crippen LogP contribution is -2.34. The van der Waals surface area contributed by atoms with Gasteiger partial charge in [0.05, 0.1) is 12.8 Å². The fourth-order valence-corrected chi connectivity index (χ4v) is 1.23. The first-order valence-corrected chi connectivity index (χ1v) is 5.48. The largest absolute Gasteiger partial charge is 0.508 e. The summed E-state index contributed by atoms with van der Waals surface area (Å²) in [7, 11) is 1.62. The Kier molecular flexibility index (Phi) is 5.98. The molecule has 0 aliphatic carbocycles. The van der Waals surface area contributed by atoms with Gasteiger partial charge >= 0.3 is 0 Å². The van der Waals surface area contributed by atoms with Crippen LogP contribution in [0.15, 0.2) is 29.4 Å². The molecule has 1 aromatic carbocycles. The Balaban J connectivity index is 2.32. The summed E-state index contributed by atoms with van der Waals surface area (Å²) in [6.45, 7) is 1.21. The van der Waals surface area contributed by atoms with Gasteiger partial charge < -0.3 is 15.2 Å². The lowest BCUT2D eigenvalue weighted by molar-refractivity contribution is 0.204. The van der Waals surface area contributed by atoms with Crippen molar-refractivity contribution in [3.8, 4) is 5.75 Å². The Morgan fingerprint density at radius 2 is 2.41 bits per heavy atom. The second-order valence-corrected chi connectivity index (χ2v) is 3.62. The number of benzene rings is 1. The van der Waals surface area contributed by atoms with Gasteiger partial charge in [0.25, 0.3) is 0 Å². The molecule has 0 fully saturated rings. The molecule has 0 saturated heterocycles. The molecule has 3 N–H and O–H groups in total. The summed E-state index contributed by atoms with van der Waals surface area (Å²) in [6.07, 6.45) is 1.57. The van der Waals surface area contributed by atoms with E-state index >= 15 is 0 Å². The maximum absolute atomic E-state index is 9.23. The topological polar surface area (TPSA) is 65.9 Å². The van der Waals surface area contributed by atoms with Gasteiger partial charge in [-0.3, -0.25) is 5.43 Å². The molecule has 0 atom stereocenters. The Morgan fingerprint density at radius 3 is 3.12 bits per heavy atom. The monoisotopic (exact) mass is 253 g/mol. The smallest absolute Gasteiger partial charge is 0.187 e. The summed E-state index contributed by atoms with van der Waals surface area (Å²) in [6, 6.07) is 6.77. The van der Waals surface area contributed by atoms with Gasteiger partial charge in [0, 0.05) is 13.7 Å². The molecule has 17 heavy (non-hydrogen) atoms. The van der Waals surface area contributed by atoms with Crippen LogP contribution in [0, 0.1) is 0 Å². The lowest BCUT2D eigenvalue weighted by atomic mass is 10.2. The summed E-state index contributed by atoms with van der Waals surface area (Å²) in [4.78, 5) is 0. The van der Waals surface area contributed by atoms with Crippen molar-refractivity contribution in [1.82, 2.24) is 10.7 Å². The van der Waals surface area contributed by atoms with Crippen LogP contribution in [0.2, 0.25) is 0 Å². The molecule has 0 unspecified atom stereocenters. The number of nitrogens with one attached hydrogen (secondary N) is 2. The standard InChI is InChI=1S/C11H15N3O2S/c1-16-6-5-12-11(17)14-13-8-9-3-2-4-10(15)7-9/h2-4,7-8,15H,5-6H2,1H3,(H2,12,14,17). The van der Waals surface area contributed by atoms with E-state index in [9.17, 15) is 5.11 Å². The molecule has 92 valence electrons. The van der Waals surface area contributed by atoms with Crippen molar-refractivity contribution in [2.75, 3.05) is 20.3 Å². The summed E-state index contributed by atoms with van der Waals surface area (Å²) >= 11 is 4.97. The van der Waals surface area contributed by atoms with E-state index in [4.69, 9.17) is 17.0 Å². The Hall–Kier alpha value is -1.66. The number of ether oxygens (including phenoxy) is 1. The van der Waals surface area contributed by atoms with Crippen LogP contribution in [-0.2, 0) is 4.74 Å². The molecular weight excluding hydrogens is 238 g/mol. The van der Waals surface area contributed by atoms with Crippen molar-refractivity contribution in [2.45, 2.75) is 0 Å². The minimum absolute atomic E-state index is 0.203. The number of thiocarbonyl (C=S) groups is 1. The van der Waals surface area contributed by atoms with Crippen LogP contribution in [0.5, 0.6) is 5.75 Å². The molecule has 1 aromatic rings. The third-order valence-corrected chi connectivity index (χ3v) is 2.08. The van der Waals surface area contributed by atoms with Gasteiger partial charge in [-0.15, -0.1) is 0 Å². The van der Waals surface area contributed by atoms with Gasteiger partial charge in [0.15, 0.2) is 5.11 Å². The second kappa shape index (κ2) is 7.59. The molecule has 6 heteroatoms. The van der Waals surface area contributed by atoms with Gasteiger partial charge in [-0.2, -0.15) is 5.10 Å². The molecule has 0 aliphatic rings. The van der Waals surface area contributed by atoms with E-state index in [1.54, 1.807) is 31.5 Å². The van der Waals surface area contributed by atoms with Crippen LogP contribution in [0.25, 0.3) is 0 Å². The Morgan fingerprint density at radius 1 is 1.59 bits per heavy atom. The van der Waals surface area contributed by atoms with Crippen LogP contribution >= 0.6 is 12.2 Å². The molecule has 0 heterocycles. The SMILES string of the molecule is COCCNC(=S)NN=Cc1cccc(O)c1. The Labute approximate surface area is 105 Å². The van der Waals surface area contributed by atoms with Gasteiger partial charge in [0.2, 0.25) is 0 Å². The highest BCUT2D eigenvalue weighted by Crippen LogP contribution is 2.08. The molecule has 0 amide bonds. The summed E-state index contributed by atoms with van der Waals surface area (Å²) < 4.78 is 4.86. The van der Waals surface area contributed by atoms with E-state index in [1.807, 2.05) is 6.07 Å². The van der Waals surface area contributed by atoms with Crippen molar-refractivity contribution in [3.63, 3.8) is 0 Å². The van der Waals surface area contributed by atoms with E-state index in [-0.39, 0.29) is 5.75 Å². The average molecular weight is 253 g/mol. The van der Waals surface area contributed by atoms with Gasteiger partial charge in [0.1, 0.15) is 5.75 Å². The average Bonchev–Trinajstić information content (AvgIpc) is 2.29. The van der Waals surface area contributed by atoms with Crippen molar-refractivity contribution in [2.24, 2.45) is 5.10 Å². The molecule has 0 bridgehead atoms. The first kappa shape index (κ1) is 13.4. The fourth-order valence-electron chi connectivity index (χ4n) is 1.08. The molecular formula is C11H15N3O2S. The van der Waals surface area contributed by atoms with E-state index in [0.717, 1.165) is 5.56 Å². The highest BCUT2D eigenvalue weighted by atomic mass is 32.1. The van der Waals surface area contributed by atoms with Gasteiger partial charge in [-0.1, -0.05) is 12.1 Å². The van der Waals surface area contributed by atoms with Crippen molar-refractivity contribution < 1.29 is 9.84 Å². The summed E-state index contributed by atoms with van der Waals surface area (Å²) in [5, 5.41) is 16.5. The number of phenolic OH excluding ortho intramolecular Hbond substituents is 1. The number of rotatable bonds is 5. The first-order chi connectivity index (χ1) is 8.22. The zero-order valence-electron chi connectivity index (χ0n) is 9.51. The molecule has 1 rings (SSSR count). The minimum atomic E-state index is 0.203. The maximum atomic E-state index is 9.23. The number of hydrogen-bond acceptors (Lipinski definition) is 4. The summed E-state index contributed by atoms with van der Waals surface area (Å²) in [5.74, 6) is 0.203. The van der Waals surface area contributed by atoms with E-state index in [1.165, 1.54) is 0 Å². The predicted molar refractivity (Wildman–Crippen MR) is 71.3 cm³/mol. The molecule has 0 spiro atoms. The van der Waals surface area contributed by atoms with Gasteiger partial charge in [-0.05, 0) is 29.9 Å². The second-order valence-electron chi connectivity index (χ2n) is 3.21.